The third-order valence-corrected chi connectivity index (χ3v) is 13.5. The van der Waals surface area contributed by atoms with Crippen LogP contribution in [0.2, 0.25) is 0 Å². The molecule has 0 spiro atoms. The standard InChI is InChI=1S/C44H57N5O9S/c1-10-19-43(20-21-43)59(54,55)48-39(52)44(25-28(44)11-2)47-37(50)34-23-30(26-49(34)38(51)36(41(3,4)5)46-40(53)58-42(6,7)8)57-35-24-32(27-15-13-12-14-16-27)45-33-22-29(56-9)17-18-31(33)35/h11-18,22,24,28,30,34,36H,2,10,19-21,23,25-26H2,1,3-9H3,(H,46,53)(H,47,50)(H,48,52). The van der Waals surface area contributed by atoms with Gasteiger partial charge in [0.1, 0.15) is 40.8 Å². The van der Waals surface area contributed by atoms with Crippen molar-refractivity contribution >= 4 is 44.7 Å². The lowest BCUT2D eigenvalue weighted by Crippen LogP contribution is -2.60. The molecule has 2 aromatic carbocycles. The molecule has 318 valence electrons. The predicted molar refractivity (Wildman–Crippen MR) is 224 cm³/mol. The molecule has 4 amide bonds. The lowest BCUT2D eigenvalue weighted by molar-refractivity contribution is -0.143. The summed E-state index contributed by atoms with van der Waals surface area (Å²) in [5.41, 5.74) is -1.19. The van der Waals surface area contributed by atoms with Gasteiger partial charge in [0.2, 0.25) is 21.8 Å². The van der Waals surface area contributed by atoms with Gasteiger partial charge in [0.05, 0.1) is 29.6 Å². The molecule has 3 fully saturated rings. The topological polar surface area (TPSA) is 182 Å². The van der Waals surface area contributed by atoms with Gasteiger partial charge in [-0.25, -0.2) is 18.2 Å². The average molecular weight is 832 g/mol. The van der Waals surface area contributed by atoms with Crippen LogP contribution in [0.15, 0.2) is 67.3 Å². The number of sulfonamides is 1. The SMILES string of the molecule is C=CC1CC1(NC(=O)C1CC(Oc2cc(-c3ccccc3)nc3cc(OC)ccc23)CN1C(=O)C(NC(=O)OC(C)(C)C)C(C)(C)C)C(=O)NS(=O)(=O)C1(CCC)CC1. The number of benzene rings is 2. The summed E-state index contributed by atoms with van der Waals surface area (Å²) in [7, 11) is -2.47. The van der Waals surface area contributed by atoms with Crippen LogP contribution in [0.4, 0.5) is 4.79 Å². The molecule has 6 rings (SSSR count). The maximum absolute atomic E-state index is 14.8. The summed E-state index contributed by atoms with van der Waals surface area (Å²) in [6, 6.07) is 14.5. The molecule has 14 nitrogen and oxygen atoms in total. The fourth-order valence-electron chi connectivity index (χ4n) is 7.86. The van der Waals surface area contributed by atoms with Crippen LogP contribution in [-0.2, 0) is 29.1 Å². The Kier molecular flexibility index (Phi) is 11.9. The van der Waals surface area contributed by atoms with Crippen LogP contribution in [0.1, 0.15) is 87.0 Å². The molecule has 3 aliphatic rings. The van der Waals surface area contributed by atoms with Crippen molar-refractivity contribution in [3.63, 3.8) is 0 Å². The molecule has 59 heavy (non-hydrogen) atoms. The van der Waals surface area contributed by atoms with Gasteiger partial charge in [-0.3, -0.25) is 19.1 Å². The lowest BCUT2D eigenvalue weighted by Gasteiger charge is -2.36. The maximum atomic E-state index is 14.8. The number of aromatic nitrogens is 1. The molecule has 3 aromatic rings. The zero-order valence-corrected chi connectivity index (χ0v) is 36.0. The Morgan fingerprint density at radius 3 is 2.31 bits per heavy atom. The Balaban J connectivity index is 1.34. The summed E-state index contributed by atoms with van der Waals surface area (Å²) in [5.74, 6) is -1.55. The number of likely N-dealkylation sites (tertiary alicyclic amines) is 1. The van der Waals surface area contributed by atoms with Crippen molar-refractivity contribution < 1.29 is 41.8 Å². The summed E-state index contributed by atoms with van der Waals surface area (Å²) in [4.78, 5) is 62.6. The number of fused-ring (bicyclic) bond motifs is 1. The first-order valence-electron chi connectivity index (χ1n) is 20.2. The number of ether oxygens (including phenoxy) is 3. The van der Waals surface area contributed by atoms with Gasteiger partial charge in [-0.2, -0.15) is 0 Å². The second-order valence-electron chi connectivity index (χ2n) is 18.1. The van der Waals surface area contributed by atoms with Crippen molar-refractivity contribution in [1.29, 1.82) is 0 Å². The second-order valence-corrected chi connectivity index (χ2v) is 20.1. The van der Waals surface area contributed by atoms with E-state index in [0.29, 0.717) is 53.8 Å². The molecule has 5 atom stereocenters. The highest BCUT2D eigenvalue weighted by Gasteiger charge is 2.63. The van der Waals surface area contributed by atoms with Gasteiger partial charge < -0.3 is 29.7 Å². The van der Waals surface area contributed by atoms with Crippen molar-refractivity contribution in [2.75, 3.05) is 13.7 Å². The van der Waals surface area contributed by atoms with Gasteiger partial charge in [0.15, 0.2) is 0 Å². The minimum absolute atomic E-state index is 0.00980. The summed E-state index contributed by atoms with van der Waals surface area (Å²) in [6.07, 6.45) is 2.07. The highest BCUT2D eigenvalue weighted by atomic mass is 32.2. The normalized spacial score (nSPS) is 22.8. The summed E-state index contributed by atoms with van der Waals surface area (Å²) in [5, 5.41) is 6.27. The number of alkyl carbamates (subject to hydrolysis) is 1. The van der Waals surface area contributed by atoms with Crippen LogP contribution < -0.4 is 24.8 Å². The largest absolute Gasteiger partial charge is 0.497 e. The number of nitrogens with zero attached hydrogens (tertiary/aromatic N) is 2. The van der Waals surface area contributed by atoms with E-state index in [9.17, 15) is 27.6 Å². The van der Waals surface area contributed by atoms with Crippen molar-refractivity contribution in [3.05, 3.63) is 67.3 Å². The van der Waals surface area contributed by atoms with Crippen molar-refractivity contribution in [2.45, 2.75) is 121 Å². The molecule has 0 bridgehead atoms. The zero-order valence-electron chi connectivity index (χ0n) is 35.2. The Morgan fingerprint density at radius 1 is 1.03 bits per heavy atom. The van der Waals surface area contributed by atoms with Gasteiger partial charge in [-0.05, 0) is 64.0 Å². The van der Waals surface area contributed by atoms with Gasteiger partial charge in [-0.15, -0.1) is 6.58 Å². The fourth-order valence-corrected chi connectivity index (χ4v) is 9.61. The molecule has 1 aromatic heterocycles. The Morgan fingerprint density at radius 2 is 1.73 bits per heavy atom. The predicted octanol–water partition coefficient (Wildman–Crippen LogP) is 6.04. The Bertz CT molecular complexity index is 2230. The molecular formula is C44H57N5O9S. The number of methoxy groups -OCH3 is 1. The van der Waals surface area contributed by atoms with Crippen LogP contribution in [0, 0.1) is 11.3 Å². The van der Waals surface area contributed by atoms with Gasteiger partial charge >= 0.3 is 6.09 Å². The van der Waals surface area contributed by atoms with E-state index in [-0.39, 0.29) is 19.4 Å². The molecule has 1 saturated heterocycles. The van der Waals surface area contributed by atoms with E-state index in [2.05, 4.69) is 21.9 Å². The molecule has 0 radical (unpaired) electrons. The molecule has 2 aliphatic carbocycles. The number of amides is 4. The van der Waals surface area contributed by atoms with E-state index >= 15 is 0 Å². The van der Waals surface area contributed by atoms with Crippen LogP contribution in [0.25, 0.3) is 22.2 Å². The monoisotopic (exact) mass is 831 g/mol. The van der Waals surface area contributed by atoms with E-state index < -0.39 is 79.2 Å². The third kappa shape index (κ3) is 9.19. The van der Waals surface area contributed by atoms with E-state index in [4.69, 9.17) is 19.2 Å². The zero-order chi connectivity index (χ0) is 43.1. The van der Waals surface area contributed by atoms with Crippen LogP contribution in [-0.4, -0.2) is 89.8 Å². The number of hydrogen-bond donors (Lipinski definition) is 3. The minimum atomic E-state index is -4.04. The summed E-state index contributed by atoms with van der Waals surface area (Å²) >= 11 is 0. The summed E-state index contributed by atoms with van der Waals surface area (Å²) < 4.78 is 46.0. The number of nitrogens with one attached hydrogen (secondary N) is 3. The first kappa shape index (κ1) is 43.4. The number of rotatable bonds is 14. The molecular weight excluding hydrogens is 775 g/mol. The Labute approximate surface area is 346 Å². The summed E-state index contributed by atoms with van der Waals surface area (Å²) in [6.45, 7) is 16.2. The first-order valence-corrected chi connectivity index (χ1v) is 21.7. The van der Waals surface area contributed by atoms with Crippen molar-refractivity contribution in [2.24, 2.45) is 11.3 Å². The fraction of sp³-hybridized carbons (Fsp3) is 0.523. The first-order chi connectivity index (χ1) is 27.7. The van der Waals surface area contributed by atoms with E-state index in [1.165, 1.54) is 11.0 Å². The van der Waals surface area contributed by atoms with Gasteiger partial charge in [-0.1, -0.05) is 70.5 Å². The number of pyridine rings is 1. The van der Waals surface area contributed by atoms with Crippen molar-refractivity contribution in [3.8, 4) is 22.8 Å². The lowest BCUT2D eigenvalue weighted by atomic mass is 9.85. The van der Waals surface area contributed by atoms with E-state index in [1.807, 2.05) is 49.4 Å². The maximum Gasteiger partial charge on any atom is 0.408 e. The third-order valence-electron chi connectivity index (χ3n) is 11.3. The number of carbonyl (C=O) groups is 4. The van der Waals surface area contributed by atoms with Crippen LogP contribution in [0.5, 0.6) is 11.5 Å². The number of hydrogen-bond acceptors (Lipinski definition) is 10. The average Bonchev–Trinajstić information content (AvgIpc) is 4.07. The highest BCUT2D eigenvalue weighted by molar-refractivity contribution is 7.91. The van der Waals surface area contributed by atoms with E-state index in [0.717, 1.165) is 5.56 Å². The second kappa shape index (κ2) is 16.1. The molecule has 1 aliphatic heterocycles. The molecule has 3 N–H and O–H groups in total. The molecule has 15 heteroatoms. The number of carbonyl (C=O) groups excluding carboxylic acids is 4. The smallest absolute Gasteiger partial charge is 0.408 e. The Hall–Kier alpha value is -5.18. The quantitative estimate of drug-likeness (QED) is 0.162. The highest BCUT2D eigenvalue weighted by Crippen LogP contribution is 2.49. The van der Waals surface area contributed by atoms with Crippen LogP contribution in [0.3, 0.4) is 0 Å². The van der Waals surface area contributed by atoms with Crippen LogP contribution >= 0.6 is 0 Å². The van der Waals surface area contributed by atoms with Gasteiger partial charge in [0.25, 0.3) is 5.91 Å². The molecule has 5 unspecified atom stereocenters. The molecule has 2 saturated carbocycles. The van der Waals surface area contributed by atoms with Gasteiger partial charge in [0, 0.05) is 35.4 Å². The minimum Gasteiger partial charge on any atom is -0.497 e. The van der Waals surface area contributed by atoms with E-state index in [1.54, 1.807) is 60.8 Å². The molecule has 2 heterocycles. The van der Waals surface area contributed by atoms with Crippen molar-refractivity contribution in [1.82, 2.24) is 25.2 Å².